The summed E-state index contributed by atoms with van der Waals surface area (Å²) in [6.45, 7) is 7.38. The van der Waals surface area contributed by atoms with E-state index in [0.29, 0.717) is 38.1 Å². The fourth-order valence-corrected chi connectivity index (χ4v) is 5.85. The largest absolute Gasteiger partial charge is 0.495 e. The van der Waals surface area contributed by atoms with Gasteiger partial charge in [0.05, 0.1) is 19.9 Å². The van der Waals surface area contributed by atoms with Crippen molar-refractivity contribution in [2.24, 2.45) is 10.1 Å². The van der Waals surface area contributed by atoms with E-state index >= 15 is 0 Å². The normalized spacial score (nSPS) is 17.5. The van der Waals surface area contributed by atoms with Gasteiger partial charge in [0.1, 0.15) is 17.1 Å². The Kier molecular flexibility index (Phi) is 9.34. The van der Waals surface area contributed by atoms with Crippen LogP contribution in [0.5, 0.6) is 5.75 Å². The minimum atomic E-state index is 0.0129. The number of hydrogen-bond acceptors (Lipinski definition) is 6. The standard InChI is InChI=1S/C27H36N5O2P/c1-3-13-31(14-11-23-9-5-4-6-12-28-23)27(33)24-21-22-8-7-10-25(34-2)26(22)32(29-24)16-15-30-17-19-35-20-18-30/h7-10,12,35H,3,5,11,13-21H2,1-2H3. The predicted octanol–water partition coefficient (Wildman–Crippen LogP) is 3.40. The molecular weight excluding hydrogens is 457 g/mol. The monoisotopic (exact) mass is 493 g/mol. The van der Waals surface area contributed by atoms with Crippen molar-refractivity contribution in [2.75, 3.05) is 63.7 Å². The van der Waals surface area contributed by atoms with Crippen molar-refractivity contribution in [1.29, 1.82) is 0 Å². The Balaban J connectivity index is 1.52. The number of carbonyl (C=O) groups excluding carboxylic acids is 1. The van der Waals surface area contributed by atoms with Crippen molar-refractivity contribution in [3.05, 3.63) is 35.5 Å². The number of hydrazone groups is 1. The van der Waals surface area contributed by atoms with Gasteiger partial charge in [0.25, 0.3) is 5.91 Å². The van der Waals surface area contributed by atoms with Crippen LogP contribution in [0.2, 0.25) is 0 Å². The molecule has 7 nitrogen and oxygen atoms in total. The number of nitrogens with zero attached hydrogens (tertiary/aromatic N) is 5. The molecule has 1 amide bonds. The topological polar surface area (TPSA) is 60.7 Å². The molecule has 0 saturated carbocycles. The molecule has 1 saturated heterocycles. The van der Waals surface area contributed by atoms with E-state index in [1.165, 1.54) is 12.3 Å². The number of aliphatic imine (C=N–C) groups is 1. The molecule has 3 heterocycles. The molecule has 0 spiro atoms. The third-order valence-corrected chi connectivity index (χ3v) is 7.65. The summed E-state index contributed by atoms with van der Waals surface area (Å²) in [7, 11) is 2.78. The fourth-order valence-electron chi connectivity index (χ4n) is 4.66. The zero-order chi connectivity index (χ0) is 24.5. The summed E-state index contributed by atoms with van der Waals surface area (Å²) in [6, 6.07) is 6.06. The second-order valence-electron chi connectivity index (χ2n) is 8.93. The van der Waals surface area contributed by atoms with Gasteiger partial charge in [-0.25, -0.2) is 0 Å². The lowest BCUT2D eigenvalue weighted by Gasteiger charge is -2.33. The molecule has 4 rings (SSSR count). The second-order valence-corrected chi connectivity index (χ2v) is 10.4. The number of methoxy groups -OCH3 is 1. The van der Waals surface area contributed by atoms with Crippen LogP contribution in [0, 0.1) is 11.8 Å². The van der Waals surface area contributed by atoms with Crippen LogP contribution in [0.4, 0.5) is 5.69 Å². The minimum absolute atomic E-state index is 0.0129. The van der Waals surface area contributed by atoms with Crippen molar-refractivity contribution >= 4 is 32.1 Å². The molecule has 35 heavy (non-hydrogen) atoms. The first-order valence-electron chi connectivity index (χ1n) is 12.6. The number of hydrogen-bond donors (Lipinski definition) is 0. The number of rotatable bonds is 10. The predicted molar refractivity (Wildman–Crippen MR) is 146 cm³/mol. The van der Waals surface area contributed by atoms with Crippen LogP contribution in [0.25, 0.3) is 0 Å². The first kappa shape index (κ1) is 25.4. The summed E-state index contributed by atoms with van der Waals surface area (Å²) < 4.78 is 5.68. The Morgan fingerprint density at radius 1 is 1.23 bits per heavy atom. The van der Waals surface area contributed by atoms with Crippen molar-refractivity contribution < 1.29 is 9.53 Å². The van der Waals surface area contributed by atoms with Gasteiger partial charge >= 0.3 is 0 Å². The van der Waals surface area contributed by atoms with Crippen LogP contribution >= 0.6 is 8.58 Å². The van der Waals surface area contributed by atoms with Crippen molar-refractivity contribution in [3.63, 3.8) is 0 Å². The highest BCUT2D eigenvalue weighted by molar-refractivity contribution is 7.38. The number of ether oxygens (including phenoxy) is 1. The van der Waals surface area contributed by atoms with Gasteiger partial charge in [-0.2, -0.15) is 5.10 Å². The molecule has 3 aliphatic heterocycles. The van der Waals surface area contributed by atoms with E-state index in [0.717, 1.165) is 63.9 Å². The minimum Gasteiger partial charge on any atom is -0.495 e. The van der Waals surface area contributed by atoms with Gasteiger partial charge in [0.2, 0.25) is 0 Å². The third kappa shape index (κ3) is 6.72. The van der Waals surface area contributed by atoms with Gasteiger partial charge in [-0.15, -0.1) is 8.58 Å². The maximum atomic E-state index is 13.7. The molecule has 0 bridgehead atoms. The zero-order valence-corrected chi connectivity index (χ0v) is 21.9. The van der Waals surface area contributed by atoms with Gasteiger partial charge in [-0.3, -0.25) is 14.8 Å². The number of benzene rings is 1. The van der Waals surface area contributed by atoms with Gasteiger partial charge in [0, 0.05) is 57.7 Å². The van der Waals surface area contributed by atoms with Crippen LogP contribution in [0.3, 0.4) is 0 Å². The first-order valence-corrected chi connectivity index (χ1v) is 14.0. The van der Waals surface area contributed by atoms with Crippen molar-refractivity contribution in [3.8, 4) is 17.6 Å². The van der Waals surface area contributed by atoms with Gasteiger partial charge < -0.3 is 14.5 Å². The van der Waals surface area contributed by atoms with Gasteiger partial charge in [-0.05, 0) is 30.4 Å². The van der Waals surface area contributed by atoms with Gasteiger partial charge in [0.15, 0.2) is 0 Å². The Morgan fingerprint density at radius 3 is 2.89 bits per heavy atom. The number of amides is 1. The maximum absolute atomic E-state index is 13.7. The van der Waals surface area contributed by atoms with Crippen molar-refractivity contribution in [2.45, 2.75) is 32.6 Å². The second kappa shape index (κ2) is 12.9. The number of carbonyl (C=O) groups is 1. The van der Waals surface area contributed by atoms with E-state index in [-0.39, 0.29) is 5.91 Å². The van der Waals surface area contributed by atoms with E-state index < -0.39 is 0 Å². The highest BCUT2D eigenvalue weighted by Gasteiger charge is 2.29. The Bertz CT molecular complexity index is 1050. The lowest BCUT2D eigenvalue weighted by atomic mass is 10.0. The van der Waals surface area contributed by atoms with E-state index in [4.69, 9.17) is 9.84 Å². The van der Waals surface area contributed by atoms with E-state index in [2.05, 4.69) is 40.8 Å². The zero-order valence-electron chi connectivity index (χ0n) is 20.9. The number of fused-ring (bicyclic) bond motifs is 1. The quantitative estimate of drug-likeness (QED) is 0.370. The maximum Gasteiger partial charge on any atom is 0.270 e. The molecule has 3 aliphatic rings. The molecule has 0 aromatic heterocycles. The summed E-state index contributed by atoms with van der Waals surface area (Å²) in [4.78, 5) is 22.5. The first-order chi connectivity index (χ1) is 17.2. The van der Waals surface area contributed by atoms with Crippen LogP contribution in [-0.2, 0) is 11.2 Å². The fraction of sp³-hybridized carbons (Fsp3) is 0.519. The SMILES string of the molecule is CCCN(CCC1=CCC#CC=N1)C(=O)C1=NN(CCN2CCPCC2)c2c(cccc2OC)C1. The van der Waals surface area contributed by atoms with E-state index in [1.54, 1.807) is 13.3 Å². The van der Waals surface area contributed by atoms with Crippen molar-refractivity contribution in [1.82, 2.24) is 9.80 Å². The average molecular weight is 494 g/mol. The third-order valence-electron chi connectivity index (χ3n) is 6.50. The Hall–Kier alpha value is -2.68. The summed E-state index contributed by atoms with van der Waals surface area (Å²) in [5.41, 5.74) is 3.65. The van der Waals surface area contributed by atoms with E-state index in [9.17, 15) is 4.79 Å². The summed E-state index contributed by atoms with van der Waals surface area (Å²) in [6.07, 6.45) is 9.10. The molecule has 0 radical (unpaired) electrons. The molecular formula is C27H36N5O2P. The summed E-state index contributed by atoms with van der Waals surface area (Å²) >= 11 is 0. The number of para-hydroxylation sites is 1. The summed E-state index contributed by atoms with van der Waals surface area (Å²) in [5, 5.41) is 6.92. The average Bonchev–Trinajstić information content (AvgIpc) is 3.18. The van der Waals surface area contributed by atoms with Crippen LogP contribution in [0.1, 0.15) is 31.7 Å². The molecule has 0 unspecified atom stereocenters. The number of allylic oxidation sites excluding steroid dienone is 1. The molecule has 0 aliphatic carbocycles. The lowest BCUT2D eigenvalue weighted by molar-refractivity contribution is -0.124. The van der Waals surface area contributed by atoms with Crippen LogP contribution in [0.15, 0.2) is 40.1 Å². The van der Waals surface area contributed by atoms with Crippen LogP contribution in [-0.4, -0.2) is 86.3 Å². The molecule has 0 atom stereocenters. The molecule has 1 fully saturated rings. The number of anilines is 1. The molecule has 0 N–H and O–H groups in total. The molecule has 8 heteroatoms. The van der Waals surface area contributed by atoms with E-state index in [1.807, 2.05) is 22.0 Å². The van der Waals surface area contributed by atoms with Crippen LogP contribution < -0.4 is 9.75 Å². The Morgan fingerprint density at radius 2 is 2.09 bits per heavy atom. The summed E-state index contributed by atoms with van der Waals surface area (Å²) in [5.74, 6) is 6.76. The molecule has 1 aromatic rings. The van der Waals surface area contributed by atoms with Gasteiger partial charge in [-0.1, -0.05) is 37.0 Å². The smallest absolute Gasteiger partial charge is 0.270 e. The lowest BCUT2D eigenvalue weighted by Crippen LogP contribution is -2.43. The molecule has 186 valence electrons. The highest BCUT2D eigenvalue weighted by Crippen LogP contribution is 2.36. The Labute approximate surface area is 211 Å². The highest BCUT2D eigenvalue weighted by atomic mass is 31.1. The molecule has 1 aromatic carbocycles.